The summed E-state index contributed by atoms with van der Waals surface area (Å²) in [4.78, 5) is 0.571. The molecule has 0 aliphatic rings. The van der Waals surface area contributed by atoms with Gasteiger partial charge < -0.3 is 23.7 Å². The van der Waals surface area contributed by atoms with Crippen LogP contribution in [0, 0.1) is 0 Å². The first-order valence-corrected chi connectivity index (χ1v) is 12.5. The predicted molar refractivity (Wildman–Crippen MR) is 118 cm³/mol. The third kappa shape index (κ3) is 5.96. The van der Waals surface area contributed by atoms with Gasteiger partial charge in [0.25, 0.3) is 0 Å². The molecule has 1 unspecified atom stereocenters. The van der Waals surface area contributed by atoms with Crippen LogP contribution >= 0.6 is 10.8 Å². The van der Waals surface area contributed by atoms with Crippen LogP contribution in [0.5, 0.6) is 34.5 Å². The molecule has 29 heavy (non-hydrogen) atoms. The Bertz CT molecular complexity index is 774. The number of hydrogen-bond donors (Lipinski definition) is 0. The molecule has 160 valence electrons. The first kappa shape index (κ1) is 23.2. The van der Waals surface area contributed by atoms with E-state index in [1.54, 1.807) is 6.26 Å². The molecule has 0 fully saturated rings. The van der Waals surface area contributed by atoms with Crippen molar-refractivity contribution in [2.45, 2.75) is 32.6 Å². The molecule has 0 aliphatic heterocycles. The lowest BCUT2D eigenvalue weighted by Gasteiger charge is -2.24. The molecule has 0 radical (unpaired) electrons. The lowest BCUT2D eigenvalue weighted by Crippen LogP contribution is -2.08. The van der Waals surface area contributed by atoms with E-state index < -0.39 is 9.83 Å². The summed E-state index contributed by atoms with van der Waals surface area (Å²) in [6.07, 6.45) is 1.60. The molecular weight excluding hydrogens is 412 g/mol. The van der Waals surface area contributed by atoms with Crippen LogP contribution in [-0.4, -0.2) is 36.9 Å². The molecule has 0 saturated heterocycles. The van der Waals surface area contributed by atoms with Crippen molar-refractivity contribution in [3.63, 3.8) is 0 Å². The zero-order valence-corrected chi connectivity index (χ0v) is 19.1. The quantitative estimate of drug-likeness (QED) is 0.406. The monoisotopic (exact) mass is 440 g/mol. The van der Waals surface area contributed by atoms with E-state index in [0.29, 0.717) is 65.8 Å². The number of hydrogen-bond acceptors (Lipinski definition) is 7. The zero-order chi connectivity index (χ0) is 21.2. The summed E-state index contributed by atoms with van der Waals surface area (Å²) in [6, 6.07) is 9.36. The second-order valence-corrected chi connectivity index (χ2v) is 8.89. The molecule has 0 aromatic heterocycles. The molecule has 0 amide bonds. The van der Waals surface area contributed by atoms with Gasteiger partial charge in [-0.25, -0.2) is 4.21 Å². The van der Waals surface area contributed by atoms with E-state index in [0.717, 1.165) is 10.8 Å². The van der Waals surface area contributed by atoms with Crippen molar-refractivity contribution in [3.05, 3.63) is 30.3 Å². The maximum absolute atomic E-state index is 12.1. The van der Waals surface area contributed by atoms with Crippen molar-refractivity contribution >= 4 is 20.6 Å². The Morgan fingerprint density at radius 1 is 0.724 bits per heavy atom. The van der Waals surface area contributed by atoms with Crippen molar-refractivity contribution in [1.82, 2.24) is 0 Å². The van der Waals surface area contributed by atoms with Crippen LogP contribution in [-0.2, 0) is 9.83 Å². The minimum atomic E-state index is -1.21. The maximum atomic E-state index is 12.1. The summed E-state index contributed by atoms with van der Waals surface area (Å²) in [6.45, 7) is 9.09. The second kappa shape index (κ2) is 11.8. The molecule has 0 heterocycles. The van der Waals surface area contributed by atoms with Crippen molar-refractivity contribution in [2.24, 2.45) is 0 Å². The molecule has 0 aliphatic carbocycles. The number of benzene rings is 2. The van der Waals surface area contributed by atoms with Crippen LogP contribution in [0.4, 0.5) is 0 Å². The Labute approximate surface area is 178 Å². The lowest BCUT2D eigenvalue weighted by molar-refractivity contribution is 0.240. The molecule has 8 heteroatoms. The van der Waals surface area contributed by atoms with Gasteiger partial charge >= 0.3 is 0 Å². The number of rotatable bonds is 12. The summed E-state index contributed by atoms with van der Waals surface area (Å²) >= 11 is 0. The van der Waals surface area contributed by atoms with E-state index >= 15 is 0 Å². The standard InChI is InChI=1S/C21H28O6S2/c1-6-23-16-18(27-15-13-11-10-12-14-15)17(24-7-2)20(26-9-4)21(28-29(5)22)19(16)25-8-3/h10-14H,6-9H2,1-5H3. The highest BCUT2D eigenvalue weighted by Crippen LogP contribution is 2.58. The lowest BCUT2D eigenvalue weighted by atomic mass is 10.2. The summed E-state index contributed by atoms with van der Waals surface area (Å²) in [5.41, 5.74) is 0. The normalized spacial score (nSPS) is 11.6. The van der Waals surface area contributed by atoms with Crippen molar-refractivity contribution in [1.29, 1.82) is 0 Å². The van der Waals surface area contributed by atoms with Crippen molar-refractivity contribution < 1.29 is 27.9 Å². The Balaban J connectivity index is 2.83. The molecule has 0 bridgehead atoms. The Morgan fingerprint density at radius 2 is 1.17 bits per heavy atom. The van der Waals surface area contributed by atoms with E-state index in [-0.39, 0.29) is 0 Å². The minimum Gasteiger partial charge on any atom is -0.489 e. The fourth-order valence-electron chi connectivity index (χ4n) is 2.61. The molecule has 2 aromatic carbocycles. The van der Waals surface area contributed by atoms with Crippen molar-refractivity contribution in [3.8, 4) is 34.5 Å². The SMILES string of the molecule is CCOc1c(Oc2ccccc2)c(OCC)c(OCC)c(SS(C)=O)c1OCC. The van der Waals surface area contributed by atoms with Crippen LogP contribution in [0.15, 0.2) is 35.2 Å². The fraction of sp³-hybridized carbons (Fsp3) is 0.429. The highest BCUT2D eigenvalue weighted by molar-refractivity contribution is 8.69. The van der Waals surface area contributed by atoms with Crippen LogP contribution in [0.1, 0.15) is 27.7 Å². The highest BCUT2D eigenvalue weighted by Gasteiger charge is 2.31. The van der Waals surface area contributed by atoms with Gasteiger partial charge in [-0.1, -0.05) is 18.2 Å². The largest absolute Gasteiger partial charge is 0.489 e. The third-order valence-electron chi connectivity index (χ3n) is 3.56. The van der Waals surface area contributed by atoms with Crippen molar-refractivity contribution in [2.75, 3.05) is 32.7 Å². The second-order valence-electron chi connectivity index (χ2n) is 5.61. The van der Waals surface area contributed by atoms with Gasteiger partial charge in [0.05, 0.1) is 36.3 Å². The van der Waals surface area contributed by atoms with E-state index in [4.69, 9.17) is 23.7 Å². The molecule has 0 saturated carbocycles. The third-order valence-corrected chi connectivity index (χ3v) is 5.53. The van der Waals surface area contributed by atoms with Crippen LogP contribution in [0.3, 0.4) is 0 Å². The molecular formula is C21H28O6S2. The van der Waals surface area contributed by atoms with Gasteiger partial charge in [-0.3, -0.25) is 0 Å². The van der Waals surface area contributed by atoms with Gasteiger partial charge in [0, 0.05) is 6.26 Å². The summed E-state index contributed by atoms with van der Waals surface area (Å²) in [7, 11) is -0.0752. The van der Waals surface area contributed by atoms with E-state index in [1.807, 2.05) is 58.0 Å². The molecule has 1 atom stereocenters. The molecule has 2 rings (SSSR count). The first-order chi connectivity index (χ1) is 14.1. The van der Waals surface area contributed by atoms with Crippen LogP contribution in [0.25, 0.3) is 0 Å². The average molecular weight is 441 g/mol. The maximum Gasteiger partial charge on any atom is 0.218 e. The first-order valence-electron chi connectivity index (χ1n) is 9.56. The summed E-state index contributed by atoms with van der Waals surface area (Å²) in [5.74, 6) is 2.67. The molecule has 2 aromatic rings. The predicted octanol–water partition coefficient (Wildman–Crippen LogP) is 5.46. The van der Waals surface area contributed by atoms with Gasteiger partial charge in [0.2, 0.25) is 17.2 Å². The van der Waals surface area contributed by atoms with Gasteiger partial charge in [-0.15, -0.1) is 0 Å². The zero-order valence-electron chi connectivity index (χ0n) is 17.5. The van der Waals surface area contributed by atoms with Crippen LogP contribution in [0.2, 0.25) is 0 Å². The van der Waals surface area contributed by atoms with Gasteiger partial charge in [0.1, 0.15) is 10.6 Å². The number of ether oxygens (including phenoxy) is 5. The Kier molecular flexibility index (Phi) is 9.47. The smallest absolute Gasteiger partial charge is 0.218 e. The van der Waals surface area contributed by atoms with Gasteiger partial charge in [-0.05, 0) is 50.6 Å². The van der Waals surface area contributed by atoms with E-state index in [1.165, 1.54) is 0 Å². The highest BCUT2D eigenvalue weighted by atomic mass is 33.1. The van der Waals surface area contributed by atoms with Crippen LogP contribution < -0.4 is 23.7 Å². The topological polar surface area (TPSA) is 63.2 Å². The summed E-state index contributed by atoms with van der Waals surface area (Å²) in [5, 5.41) is 0. The minimum absolute atomic E-state index is 0.373. The van der Waals surface area contributed by atoms with Gasteiger partial charge in [0.15, 0.2) is 11.5 Å². The Hall–Kier alpha value is -2.06. The molecule has 6 nitrogen and oxygen atoms in total. The number of para-hydroxylation sites is 1. The molecule has 0 N–H and O–H groups in total. The fourth-order valence-corrected chi connectivity index (χ4v) is 4.46. The Morgan fingerprint density at radius 3 is 1.59 bits per heavy atom. The van der Waals surface area contributed by atoms with E-state index in [9.17, 15) is 4.21 Å². The van der Waals surface area contributed by atoms with E-state index in [2.05, 4.69) is 0 Å². The van der Waals surface area contributed by atoms with Gasteiger partial charge in [-0.2, -0.15) is 0 Å². The average Bonchev–Trinajstić information content (AvgIpc) is 2.70. The molecule has 0 spiro atoms. The summed E-state index contributed by atoms with van der Waals surface area (Å²) < 4.78 is 42.0.